The van der Waals surface area contributed by atoms with Crippen molar-refractivity contribution in [3.8, 4) is 0 Å². The number of aliphatic hydroxyl groups excluding tert-OH is 2. The number of amides is 2. The Bertz CT molecular complexity index is 522. The first-order valence-corrected chi connectivity index (χ1v) is 8.01. The van der Waals surface area contributed by atoms with Crippen molar-refractivity contribution in [3.05, 3.63) is 35.9 Å². The van der Waals surface area contributed by atoms with E-state index in [0.717, 1.165) is 0 Å². The van der Waals surface area contributed by atoms with Crippen LogP contribution in [0.15, 0.2) is 30.3 Å². The zero-order chi connectivity index (χ0) is 18.1. The van der Waals surface area contributed by atoms with E-state index in [9.17, 15) is 19.8 Å². The number of hydrogen-bond donors (Lipinski definition) is 5. The lowest BCUT2D eigenvalue weighted by molar-refractivity contribution is -0.127. The Morgan fingerprint density at radius 2 is 1.83 bits per heavy atom. The fourth-order valence-electron chi connectivity index (χ4n) is 2.13. The molecule has 7 nitrogen and oxygen atoms in total. The Hall–Kier alpha value is -1.96. The van der Waals surface area contributed by atoms with Crippen LogP contribution < -0.4 is 16.4 Å². The molecule has 3 atom stereocenters. The Balaban J connectivity index is 2.44. The van der Waals surface area contributed by atoms with Crippen LogP contribution in [0.5, 0.6) is 0 Å². The molecule has 1 aromatic carbocycles. The minimum absolute atomic E-state index is 0.0285. The van der Waals surface area contributed by atoms with Gasteiger partial charge in [0.25, 0.3) is 0 Å². The van der Waals surface area contributed by atoms with Crippen LogP contribution in [0.25, 0.3) is 0 Å². The van der Waals surface area contributed by atoms with Crippen LogP contribution in [0.3, 0.4) is 0 Å². The van der Waals surface area contributed by atoms with Crippen molar-refractivity contribution in [3.63, 3.8) is 0 Å². The number of rotatable bonds is 9. The fourth-order valence-corrected chi connectivity index (χ4v) is 2.13. The summed E-state index contributed by atoms with van der Waals surface area (Å²) in [6.07, 6.45) is -0.626. The molecule has 0 aromatic heterocycles. The van der Waals surface area contributed by atoms with Gasteiger partial charge >= 0.3 is 0 Å². The molecule has 0 aliphatic rings. The molecule has 1 aromatic rings. The van der Waals surface area contributed by atoms with Crippen LogP contribution >= 0.6 is 0 Å². The molecule has 0 fully saturated rings. The molecule has 0 spiro atoms. The van der Waals surface area contributed by atoms with Crippen LogP contribution in [0, 0.1) is 5.92 Å². The van der Waals surface area contributed by atoms with Gasteiger partial charge in [-0.25, -0.2) is 0 Å². The van der Waals surface area contributed by atoms with Crippen LogP contribution in [0.4, 0.5) is 0 Å². The van der Waals surface area contributed by atoms with Gasteiger partial charge in [-0.2, -0.15) is 0 Å². The highest BCUT2D eigenvalue weighted by Gasteiger charge is 2.20. The molecule has 6 N–H and O–H groups in total. The first-order chi connectivity index (χ1) is 11.3. The Kier molecular flexibility index (Phi) is 8.39. The van der Waals surface area contributed by atoms with Crippen LogP contribution in [-0.4, -0.2) is 47.3 Å². The second kappa shape index (κ2) is 10.0. The number of nitrogens with two attached hydrogens (primary N) is 1. The maximum atomic E-state index is 11.9. The molecule has 24 heavy (non-hydrogen) atoms. The SMILES string of the molecule is CC(C)[C@H](N)C(=O)NCC(=O)NC(CO)CC(O)c1ccccc1. The summed E-state index contributed by atoms with van der Waals surface area (Å²) in [6, 6.07) is 7.71. The lowest BCUT2D eigenvalue weighted by Crippen LogP contribution is -2.49. The van der Waals surface area contributed by atoms with Crippen molar-refractivity contribution < 1.29 is 19.8 Å². The highest BCUT2D eigenvalue weighted by atomic mass is 16.3. The quantitative estimate of drug-likeness (QED) is 0.423. The fraction of sp³-hybridized carbons (Fsp3) is 0.529. The summed E-state index contributed by atoms with van der Waals surface area (Å²) in [5.41, 5.74) is 6.40. The number of nitrogens with one attached hydrogen (secondary N) is 2. The molecule has 0 heterocycles. The van der Waals surface area contributed by atoms with E-state index in [4.69, 9.17) is 5.73 Å². The molecular formula is C17H27N3O4. The number of carbonyl (C=O) groups is 2. The van der Waals surface area contributed by atoms with Gasteiger partial charge in [-0.15, -0.1) is 0 Å². The molecule has 2 amide bonds. The average Bonchev–Trinajstić information content (AvgIpc) is 2.58. The monoisotopic (exact) mass is 337 g/mol. The van der Waals surface area contributed by atoms with Crippen molar-refractivity contribution in [1.82, 2.24) is 10.6 Å². The van der Waals surface area contributed by atoms with Gasteiger partial charge in [0.15, 0.2) is 0 Å². The van der Waals surface area contributed by atoms with Gasteiger partial charge in [-0.1, -0.05) is 44.2 Å². The number of aliphatic hydroxyl groups is 2. The highest BCUT2D eigenvalue weighted by molar-refractivity contribution is 5.87. The predicted molar refractivity (Wildman–Crippen MR) is 90.9 cm³/mol. The van der Waals surface area contributed by atoms with E-state index in [0.29, 0.717) is 5.56 Å². The topological polar surface area (TPSA) is 125 Å². The van der Waals surface area contributed by atoms with Gasteiger partial charge in [0.1, 0.15) is 0 Å². The van der Waals surface area contributed by atoms with E-state index >= 15 is 0 Å². The summed E-state index contributed by atoms with van der Waals surface area (Å²) in [5.74, 6) is -0.872. The van der Waals surface area contributed by atoms with Crippen LogP contribution in [0.1, 0.15) is 31.9 Å². The van der Waals surface area contributed by atoms with Crippen LogP contribution in [0.2, 0.25) is 0 Å². The van der Waals surface area contributed by atoms with E-state index in [2.05, 4.69) is 10.6 Å². The Labute approximate surface area is 142 Å². The second-order valence-corrected chi connectivity index (χ2v) is 6.10. The Morgan fingerprint density at radius 1 is 1.21 bits per heavy atom. The molecule has 7 heteroatoms. The van der Waals surface area contributed by atoms with Crippen molar-refractivity contribution in [2.75, 3.05) is 13.2 Å². The zero-order valence-electron chi connectivity index (χ0n) is 14.1. The number of hydrogen-bond acceptors (Lipinski definition) is 5. The smallest absolute Gasteiger partial charge is 0.239 e. The summed E-state index contributed by atoms with van der Waals surface area (Å²) in [5, 5.41) is 24.6. The van der Waals surface area contributed by atoms with Gasteiger partial charge in [0.2, 0.25) is 11.8 Å². The number of carbonyl (C=O) groups excluding carboxylic acids is 2. The average molecular weight is 337 g/mol. The molecule has 0 radical (unpaired) electrons. The minimum Gasteiger partial charge on any atom is -0.394 e. The molecule has 0 saturated carbocycles. The third-order valence-corrected chi connectivity index (χ3v) is 3.72. The van der Waals surface area contributed by atoms with Crippen molar-refractivity contribution >= 4 is 11.8 Å². The number of benzene rings is 1. The maximum absolute atomic E-state index is 11.9. The van der Waals surface area contributed by atoms with E-state index in [1.165, 1.54) is 0 Å². The van der Waals surface area contributed by atoms with E-state index in [-0.39, 0.29) is 25.5 Å². The van der Waals surface area contributed by atoms with Gasteiger partial charge < -0.3 is 26.6 Å². The highest BCUT2D eigenvalue weighted by Crippen LogP contribution is 2.17. The van der Waals surface area contributed by atoms with Crippen molar-refractivity contribution in [2.24, 2.45) is 11.7 Å². The molecule has 0 saturated heterocycles. The largest absolute Gasteiger partial charge is 0.394 e. The van der Waals surface area contributed by atoms with Gasteiger partial charge in [0, 0.05) is 0 Å². The molecule has 134 valence electrons. The molecule has 0 aliphatic carbocycles. The summed E-state index contributed by atoms with van der Waals surface area (Å²) in [4.78, 5) is 23.6. The van der Waals surface area contributed by atoms with E-state index in [1.54, 1.807) is 24.3 Å². The predicted octanol–water partition coefficient (Wildman–Crippen LogP) is -0.313. The molecular weight excluding hydrogens is 310 g/mol. The summed E-state index contributed by atoms with van der Waals surface area (Å²) < 4.78 is 0. The zero-order valence-corrected chi connectivity index (χ0v) is 14.1. The van der Waals surface area contributed by atoms with E-state index in [1.807, 2.05) is 19.9 Å². The molecule has 2 unspecified atom stereocenters. The molecule has 1 rings (SSSR count). The first kappa shape index (κ1) is 20.1. The Morgan fingerprint density at radius 3 is 2.38 bits per heavy atom. The van der Waals surface area contributed by atoms with Gasteiger partial charge in [-0.3, -0.25) is 9.59 Å². The lowest BCUT2D eigenvalue weighted by atomic mass is 10.0. The normalized spacial score (nSPS) is 14.8. The van der Waals surface area contributed by atoms with Crippen molar-refractivity contribution in [1.29, 1.82) is 0 Å². The molecule has 0 bridgehead atoms. The third kappa shape index (κ3) is 6.66. The second-order valence-electron chi connectivity index (χ2n) is 6.10. The summed E-state index contributed by atoms with van der Waals surface area (Å²) >= 11 is 0. The summed E-state index contributed by atoms with van der Waals surface area (Å²) in [7, 11) is 0. The van der Waals surface area contributed by atoms with Crippen LogP contribution in [-0.2, 0) is 9.59 Å². The lowest BCUT2D eigenvalue weighted by Gasteiger charge is -2.21. The van der Waals surface area contributed by atoms with Crippen molar-refractivity contribution in [2.45, 2.75) is 38.5 Å². The molecule has 0 aliphatic heterocycles. The minimum atomic E-state index is -0.799. The maximum Gasteiger partial charge on any atom is 0.239 e. The van der Waals surface area contributed by atoms with Gasteiger partial charge in [0.05, 0.1) is 31.3 Å². The summed E-state index contributed by atoms with van der Waals surface area (Å²) in [6.45, 7) is 3.10. The standard InChI is InChI=1S/C17H27N3O4/c1-11(2)16(18)17(24)19-9-15(23)20-13(10-21)8-14(22)12-6-4-3-5-7-12/h3-7,11,13-14,16,21-22H,8-10,18H2,1-2H3,(H,19,24)(H,20,23)/t13?,14?,16-/m0/s1. The van der Waals surface area contributed by atoms with Gasteiger partial charge in [-0.05, 0) is 17.9 Å². The first-order valence-electron chi connectivity index (χ1n) is 8.01. The third-order valence-electron chi connectivity index (χ3n) is 3.72. The van der Waals surface area contributed by atoms with E-state index < -0.39 is 30.0 Å².